The molecular weight excluding hydrogens is 390 g/mol. The molecule has 1 aliphatic heterocycles. The predicted molar refractivity (Wildman–Crippen MR) is 116 cm³/mol. The van der Waals surface area contributed by atoms with Crippen molar-refractivity contribution < 1.29 is 14.4 Å². The van der Waals surface area contributed by atoms with Crippen LogP contribution in [0.25, 0.3) is 10.9 Å². The molecule has 1 aliphatic rings. The van der Waals surface area contributed by atoms with Gasteiger partial charge in [-0.3, -0.25) is 15.0 Å². The molecule has 0 aliphatic carbocycles. The standard InChI is InChI=1S/C19H31N5O4Si/c1-29(2,3)11-10-28-15-23-18-13-19(24(25)26)17(12-16(18)14-21-23)20-4-5-22-6-8-27-9-7-22/h12-14,20H,4-11,15H2,1-3H3. The molecule has 3 rings (SSSR count). The van der Waals surface area contributed by atoms with Crippen molar-refractivity contribution >= 4 is 30.4 Å². The Labute approximate surface area is 172 Å². The number of nitrogens with one attached hydrogen (secondary N) is 1. The molecular formula is C19H31N5O4Si. The average Bonchev–Trinajstić information content (AvgIpc) is 3.06. The van der Waals surface area contributed by atoms with Gasteiger partial charge in [0.05, 0.1) is 29.9 Å². The third-order valence-corrected chi connectivity index (χ3v) is 6.72. The van der Waals surface area contributed by atoms with Crippen LogP contribution in [0, 0.1) is 10.1 Å². The molecule has 1 saturated heterocycles. The van der Waals surface area contributed by atoms with Crippen LogP contribution in [-0.4, -0.2) is 73.7 Å². The molecule has 1 N–H and O–H groups in total. The second-order valence-corrected chi connectivity index (χ2v) is 14.2. The maximum Gasteiger partial charge on any atom is 0.294 e. The summed E-state index contributed by atoms with van der Waals surface area (Å²) in [6.45, 7) is 12.6. The molecule has 29 heavy (non-hydrogen) atoms. The average molecular weight is 422 g/mol. The van der Waals surface area contributed by atoms with Crippen LogP contribution < -0.4 is 5.32 Å². The molecule has 2 heterocycles. The molecule has 0 spiro atoms. The van der Waals surface area contributed by atoms with Crippen LogP contribution in [0.1, 0.15) is 0 Å². The zero-order chi connectivity index (χ0) is 20.9. The van der Waals surface area contributed by atoms with Crippen LogP contribution in [0.3, 0.4) is 0 Å². The minimum absolute atomic E-state index is 0.0586. The summed E-state index contributed by atoms with van der Waals surface area (Å²) >= 11 is 0. The smallest absolute Gasteiger partial charge is 0.294 e. The SMILES string of the molecule is C[Si](C)(C)CCOCn1ncc2cc(NCCN3CCOCC3)c([N+](=O)[O-])cc21. The lowest BCUT2D eigenvalue weighted by Crippen LogP contribution is -2.39. The molecule has 1 aromatic heterocycles. The number of aromatic nitrogens is 2. The van der Waals surface area contributed by atoms with Crippen molar-refractivity contribution in [2.75, 3.05) is 51.3 Å². The summed E-state index contributed by atoms with van der Waals surface area (Å²) in [5.74, 6) is 0. The van der Waals surface area contributed by atoms with E-state index in [2.05, 4.69) is 35.0 Å². The third kappa shape index (κ3) is 6.23. The van der Waals surface area contributed by atoms with Gasteiger partial charge in [-0.25, -0.2) is 4.68 Å². The van der Waals surface area contributed by atoms with Crippen molar-refractivity contribution in [3.8, 4) is 0 Å². The van der Waals surface area contributed by atoms with Gasteiger partial charge in [0, 0.05) is 52.3 Å². The molecule has 0 amide bonds. The Morgan fingerprint density at radius 3 is 2.76 bits per heavy atom. The molecule has 1 fully saturated rings. The molecule has 10 heteroatoms. The van der Waals surface area contributed by atoms with E-state index in [1.807, 2.05) is 0 Å². The summed E-state index contributed by atoms with van der Waals surface area (Å²) in [6, 6.07) is 4.46. The van der Waals surface area contributed by atoms with Crippen molar-refractivity contribution in [2.24, 2.45) is 0 Å². The highest BCUT2D eigenvalue weighted by Crippen LogP contribution is 2.30. The second kappa shape index (κ2) is 9.66. The minimum atomic E-state index is -1.15. The molecule has 0 unspecified atom stereocenters. The van der Waals surface area contributed by atoms with Crippen LogP contribution >= 0.6 is 0 Å². The first kappa shape index (κ1) is 21.7. The highest BCUT2D eigenvalue weighted by molar-refractivity contribution is 6.76. The summed E-state index contributed by atoms with van der Waals surface area (Å²) in [5, 5.41) is 20.1. The van der Waals surface area contributed by atoms with E-state index in [-0.39, 0.29) is 10.6 Å². The van der Waals surface area contributed by atoms with Gasteiger partial charge in [0.15, 0.2) is 0 Å². The van der Waals surface area contributed by atoms with Crippen molar-refractivity contribution in [2.45, 2.75) is 32.4 Å². The zero-order valence-corrected chi connectivity index (χ0v) is 18.5. The Bertz CT molecular complexity index is 830. The number of ether oxygens (including phenoxy) is 2. The summed E-state index contributed by atoms with van der Waals surface area (Å²) in [5.41, 5.74) is 1.29. The van der Waals surface area contributed by atoms with Crippen LogP contribution in [0.15, 0.2) is 18.3 Å². The molecule has 1 aromatic carbocycles. The Balaban J connectivity index is 1.66. The minimum Gasteiger partial charge on any atom is -0.379 e. The topological polar surface area (TPSA) is 94.7 Å². The molecule has 0 saturated carbocycles. The van der Waals surface area contributed by atoms with Crippen molar-refractivity contribution in [1.29, 1.82) is 0 Å². The fraction of sp³-hybridized carbons (Fsp3) is 0.632. The van der Waals surface area contributed by atoms with Gasteiger partial charge in [0.25, 0.3) is 5.69 Å². The van der Waals surface area contributed by atoms with Crippen molar-refractivity contribution in [3.05, 3.63) is 28.4 Å². The van der Waals surface area contributed by atoms with E-state index in [0.29, 0.717) is 31.1 Å². The number of fused-ring (bicyclic) bond motifs is 1. The van der Waals surface area contributed by atoms with Crippen LogP contribution in [0.5, 0.6) is 0 Å². The van der Waals surface area contributed by atoms with Gasteiger partial charge in [0.1, 0.15) is 12.4 Å². The Morgan fingerprint density at radius 2 is 2.07 bits per heavy atom. The van der Waals surface area contributed by atoms with Crippen LogP contribution in [-0.2, 0) is 16.2 Å². The molecule has 9 nitrogen and oxygen atoms in total. The Kier molecular flexibility index (Phi) is 7.22. The largest absolute Gasteiger partial charge is 0.379 e. The van der Waals surface area contributed by atoms with Gasteiger partial charge >= 0.3 is 0 Å². The maximum absolute atomic E-state index is 11.6. The fourth-order valence-electron chi connectivity index (χ4n) is 3.21. The number of rotatable bonds is 10. The lowest BCUT2D eigenvalue weighted by Gasteiger charge is -2.26. The number of hydrogen-bond acceptors (Lipinski definition) is 7. The van der Waals surface area contributed by atoms with E-state index in [9.17, 15) is 10.1 Å². The van der Waals surface area contributed by atoms with E-state index in [1.165, 1.54) is 0 Å². The molecule has 0 bridgehead atoms. The number of anilines is 1. The third-order valence-electron chi connectivity index (χ3n) is 5.01. The quantitative estimate of drug-likeness (QED) is 0.273. The number of nitrogens with zero attached hydrogens (tertiary/aromatic N) is 4. The number of morpholine rings is 1. The van der Waals surface area contributed by atoms with Crippen molar-refractivity contribution in [1.82, 2.24) is 14.7 Å². The lowest BCUT2D eigenvalue weighted by atomic mass is 10.2. The second-order valence-electron chi connectivity index (χ2n) is 8.56. The molecule has 160 valence electrons. The first-order chi connectivity index (χ1) is 13.8. The van der Waals surface area contributed by atoms with Gasteiger partial charge in [0.2, 0.25) is 0 Å². The highest BCUT2D eigenvalue weighted by atomic mass is 28.3. The number of nitro groups is 1. The van der Waals surface area contributed by atoms with E-state index in [4.69, 9.17) is 9.47 Å². The summed E-state index contributed by atoms with van der Waals surface area (Å²) in [7, 11) is -1.15. The normalized spacial score (nSPS) is 15.7. The van der Waals surface area contributed by atoms with Crippen molar-refractivity contribution in [3.63, 3.8) is 0 Å². The van der Waals surface area contributed by atoms with E-state index in [1.54, 1.807) is 23.0 Å². The summed E-state index contributed by atoms with van der Waals surface area (Å²) in [6.07, 6.45) is 1.73. The maximum atomic E-state index is 11.6. The fourth-order valence-corrected chi connectivity index (χ4v) is 3.97. The Hall–Kier alpha value is -2.01. The van der Waals surface area contributed by atoms with E-state index < -0.39 is 8.07 Å². The van der Waals surface area contributed by atoms with E-state index in [0.717, 1.165) is 44.3 Å². The molecule has 2 aromatic rings. The van der Waals surface area contributed by atoms with Gasteiger partial charge in [-0.15, -0.1) is 0 Å². The molecule has 0 radical (unpaired) electrons. The summed E-state index contributed by atoms with van der Waals surface area (Å²) < 4.78 is 12.8. The van der Waals surface area contributed by atoms with Crippen LogP contribution in [0.4, 0.5) is 11.4 Å². The van der Waals surface area contributed by atoms with Gasteiger partial charge in [-0.05, 0) is 12.1 Å². The van der Waals surface area contributed by atoms with Gasteiger partial charge in [-0.2, -0.15) is 5.10 Å². The van der Waals surface area contributed by atoms with E-state index >= 15 is 0 Å². The molecule has 0 atom stereocenters. The Morgan fingerprint density at radius 1 is 1.31 bits per heavy atom. The number of hydrogen-bond donors (Lipinski definition) is 1. The van der Waals surface area contributed by atoms with Gasteiger partial charge in [-0.1, -0.05) is 19.6 Å². The number of nitro benzene ring substituents is 1. The number of benzene rings is 1. The first-order valence-corrected chi connectivity index (χ1v) is 13.8. The first-order valence-electron chi connectivity index (χ1n) is 10.1. The highest BCUT2D eigenvalue weighted by Gasteiger charge is 2.18. The lowest BCUT2D eigenvalue weighted by molar-refractivity contribution is -0.383. The zero-order valence-electron chi connectivity index (χ0n) is 17.5. The predicted octanol–water partition coefficient (Wildman–Crippen LogP) is 3.00. The van der Waals surface area contributed by atoms with Gasteiger partial charge < -0.3 is 14.8 Å². The monoisotopic (exact) mass is 421 g/mol. The summed E-state index contributed by atoms with van der Waals surface area (Å²) in [4.78, 5) is 13.6. The van der Waals surface area contributed by atoms with Crippen LogP contribution in [0.2, 0.25) is 25.7 Å².